The molecule has 1 aliphatic carbocycles. The summed E-state index contributed by atoms with van der Waals surface area (Å²) in [6.07, 6.45) is -0.238. The maximum Gasteiger partial charge on any atom is 0.407 e. The van der Waals surface area contributed by atoms with Crippen LogP contribution in [0.5, 0.6) is 0 Å². The van der Waals surface area contributed by atoms with Crippen molar-refractivity contribution in [1.82, 2.24) is 15.6 Å². The van der Waals surface area contributed by atoms with Crippen molar-refractivity contribution in [3.05, 3.63) is 75.7 Å². The van der Waals surface area contributed by atoms with Crippen LogP contribution in [0, 0.1) is 0 Å². The van der Waals surface area contributed by atoms with Gasteiger partial charge in [-0.3, -0.25) is 4.79 Å². The molecule has 1 aliphatic rings. The lowest BCUT2D eigenvalue weighted by atomic mass is 9.98. The first kappa shape index (κ1) is 24.4. The number of hydrogen-bond donors (Lipinski definition) is 4. The SMILES string of the molecule is O=C(NCCc1nc(C(=O)NC(CCO)C(=O)O)cs1)OCC1c2ccccc2-c2ccccc21. The molecule has 9 nitrogen and oxygen atoms in total. The quantitative estimate of drug-likeness (QED) is 0.339. The minimum atomic E-state index is -1.23. The molecule has 0 radical (unpaired) electrons. The lowest BCUT2D eigenvalue weighted by Gasteiger charge is -2.14. The minimum Gasteiger partial charge on any atom is -0.480 e. The third-order valence-electron chi connectivity index (χ3n) is 5.76. The van der Waals surface area contributed by atoms with Gasteiger partial charge in [-0.05, 0) is 22.3 Å². The van der Waals surface area contributed by atoms with E-state index in [0.717, 1.165) is 22.3 Å². The van der Waals surface area contributed by atoms with Crippen LogP contribution in [0.2, 0.25) is 0 Å². The van der Waals surface area contributed by atoms with Gasteiger partial charge in [0.1, 0.15) is 18.3 Å². The number of alkyl carbamates (subject to hydrolysis) is 1. The summed E-state index contributed by atoms with van der Waals surface area (Å²) in [6, 6.07) is 15.0. The Morgan fingerprint density at radius 2 is 1.71 bits per heavy atom. The third kappa shape index (κ3) is 5.67. The van der Waals surface area contributed by atoms with E-state index in [0.29, 0.717) is 11.4 Å². The number of amides is 2. The number of ether oxygens (including phenoxy) is 1. The fourth-order valence-corrected chi connectivity index (χ4v) is 4.85. The van der Waals surface area contributed by atoms with Crippen LogP contribution in [0.3, 0.4) is 0 Å². The number of aliphatic carboxylic acids is 1. The van der Waals surface area contributed by atoms with Gasteiger partial charge in [0.05, 0.1) is 5.01 Å². The van der Waals surface area contributed by atoms with Crippen LogP contribution in [-0.4, -0.2) is 59.0 Å². The van der Waals surface area contributed by atoms with E-state index in [1.807, 2.05) is 24.3 Å². The second-order valence-electron chi connectivity index (χ2n) is 8.01. The maximum atomic E-state index is 12.3. The number of aliphatic hydroxyl groups excluding tert-OH is 1. The molecule has 10 heteroatoms. The van der Waals surface area contributed by atoms with Gasteiger partial charge in [-0.25, -0.2) is 14.6 Å². The number of benzene rings is 2. The molecule has 182 valence electrons. The second kappa shape index (κ2) is 11.1. The number of hydrogen-bond acceptors (Lipinski definition) is 7. The van der Waals surface area contributed by atoms with E-state index in [9.17, 15) is 14.4 Å². The van der Waals surface area contributed by atoms with E-state index in [-0.39, 0.29) is 37.8 Å². The largest absolute Gasteiger partial charge is 0.480 e. The number of carboxylic acids is 1. The van der Waals surface area contributed by atoms with E-state index >= 15 is 0 Å². The molecule has 0 bridgehead atoms. The molecule has 3 aromatic rings. The molecule has 0 spiro atoms. The molecule has 35 heavy (non-hydrogen) atoms. The summed E-state index contributed by atoms with van der Waals surface area (Å²) < 4.78 is 5.50. The highest BCUT2D eigenvalue weighted by Crippen LogP contribution is 2.44. The number of nitrogens with one attached hydrogen (secondary N) is 2. The maximum absolute atomic E-state index is 12.3. The number of aromatic nitrogens is 1. The summed E-state index contributed by atoms with van der Waals surface area (Å²) in [5.41, 5.74) is 4.69. The first-order valence-electron chi connectivity index (χ1n) is 11.2. The molecule has 1 heterocycles. The first-order chi connectivity index (χ1) is 17.0. The summed E-state index contributed by atoms with van der Waals surface area (Å²) in [6.45, 7) is 0.134. The van der Waals surface area contributed by atoms with Gasteiger partial charge in [0.2, 0.25) is 0 Å². The Balaban J connectivity index is 1.25. The molecule has 4 N–H and O–H groups in total. The molecule has 1 unspecified atom stereocenters. The van der Waals surface area contributed by atoms with Crippen LogP contribution in [0.25, 0.3) is 11.1 Å². The summed E-state index contributed by atoms with van der Waals surface area (Å²) >= 11 is 1.24. The van der Waals surface area contributed by atoms with Gasteiger partial charge in [-0.2, -0.15) is 0 Å². The van der Waals surface area contributed by atoms with Gasteiger partial charge >= 0.3 is 12.1 Å². The number of carboxylic acid groups (broad SMARTS) is 1. The molecular weight excluding hydrogens is 470 g/mol. The molecule has 0 fully saturated rings. The Labute approximate surface area is 205 Å². The Morgan fingerprint density at radius 1 is 1.06 bits per heavy atom. The first-order valence-corrected chi connectivity index (χ1v) is 12.0. The summed E-state index contributed by atoms with van der Waals surface area (Å²) in [4.78, 5) is 39.8. The van der Waals surface area contributed by atoms with Gasteiger partial charge in [0.25, 0.3) is 5.91 Å². The third-order valence-corrected chi connectivity index (χ3v) is 6.67. The second-order valence-corrected chi connectivity index (χ2v) is 8.95. The topological polar surface area (TPSA) is 138 Å². The predicted molar refractivity (Wildman–Crippen MR) is 129 cm³/mol. The van der Waals surface area contributed by atoms with Crippen molar-refractivity contribution in [3.63, 3.8) is 0 Å². The Kier molecular flexibility index (Phi) is 7.74. The van der Waals surface area contributed by atoms with Crippen molar-refractivity contribution < 1.29 is 29.3 Å². The normalized spacial score (nSPS) is 12.9. The molecule has 4 rings (SSSR count). The minimum absolute atomic E-state index is 0.0198. The molecule has 0 aliphatic heterocycles. The van der Waals surface area contributed by atoms with Gasteiger partial charge in [0.15, 0.2) is 0 Å². The van der Waals surface area contributed by atoms with Crippen LogP contribution in [-0.2, 0) is 16.0 Å². The van der Waals surface area contributed by atoms with Gasteiger partial charge in [-0.15, -0.1) is 11.3 Å². The van der Waals surface area contributed by atoms with E-state index in [1.165, 1.54) is 16.7 Å². The average molecular weight is 496 g/mol. The number of carbonyl (C=O) groups excluding carboxylic acids is 2. The van der Waals surface area contributed by atoms with Crippen LogP contribution in [0.4, 0.5) is 4.79 Å². The van der Waals surface area contributed by atoms with Crippen molar-refractivity contribution >= 4 is 29.3 Å². The lowest BCUT2D eigenvalue weighted by Crippen LogP contribution is -2.41. The predicted octanol–water partition coefficient (Wildman–Crippen LogP) is 2.79. The number of nitrogens with zero attached hydrogens (tertiary/aromatic N) is 1. The smallest absolute Gasteiger partial charge is 0.407 e. The fourth-order valence-electron chi connectivity index (χ4n) is 4.07. The highest BCUT2D eigenvalue weighted by molar-refractivity contribution is 7.09. The van der Waals surface area contributed by atoms with Crippen LogP contribution < -0.4 is 10.6 Å². The van der Waals surface area contributed by atoms with E-state index in [1.54, 1.807) is 0 Å². The number of thiazole rings is 1. The Bertz CT molecular complexity index is 1180. The molecule has 0 saturated heterocycles. The van der Waals surface area contributed by atoms with Crippen molar-refractivity contribution in [3.8, 4) is 11.1 Å². The molecule has 0 saturated carbocycles. The van der Waals surface area contributed by atoms with E-state index in [4.69, 9.17) is 14.9 Å². The number of carbonyl (C=O) groups is 3. The van der Waals surface area contributed by atoms with Gasteiger partial charge in [-0.1, -0.05) is 48.5 Å². The monoisotopic (exact) mass is 495 g/mol. The molecular formula is C25H25N3O6S. The van der Waals surface area contributed by atoms with Crippen LogP contribution in [0.1, 0.15) is 39.0 Å². The Morgan fingerprint density at radius 3 is 2.34 bits per heavy atom. The van der Waals surface area contributed by atoms with Crippen molar-refractivity contribution in [2.45, 2.75) is 24.8 Å². The summed E-state index contributed by atoms with van der Waals surface area (Å²) in [5, 5.41) is 25.2. The number of fused-ring (bicyclic) bond motifs is 3. The van der Waals surface area contributed by atoms with E-state index < -0.39 is 24.0 Å². The molecule has 2 aromatic carbocycles. The summed E-state index contributed by atoms with van der Waals surface area (Å²) in [5.74, 6) is -1.87. The van der Waals surface area contributed by atoms with Crippen molar-refractivity contribution in [2.24, 2.45) is 0 Å². The summed E-state index contributed by atoms with van der Waals surface area (Å²) in [7, 11) is 0. The fraction of sp³-hybridized carbons (Fsp3) is 0.280. The zero-order chi connectivity index (χ0) is 24.8. The van der Waals surface area contributed by atoms with Gasteiger partial charge in [0, 0.05) is 37.3 Å². The van der Waals surface area contributed by atoms with Crippen molar-refractivity contribution in [2.75, 3.05) is 19.8 Å². The highest BCUT2D eigenvalue weighted by atomic mass is 32.1. The zero-order valence-electron chi connectivity index (χ0n) is 18.8. The average Bonchev–Trinajstić information content (AvgIpc) is 3.45. The zero-order valence-corrected chi connectivity index (χ0v) is 19.6. The molecule has 2 amide bonds. The lowest BCUT2D eigenvalue weighted by molar-refractivity contribution is -0.139. The number of aliphatic hydroxyl groups is 1. The Hall–Kier alpha value is -3.76. The standard InChI is InChI=1S/C25H25N3O6S/c29-12-10-20(24(31)32)28-23(30)21-14-35-22(27-21)9-11-26-25(33)34-13-19-17-7-3-1-5-15(17)16-6-2-4-8-18(16)19/h1-8,14,19-20,29H,9-13H2,(H,26,33)(H,28,30)(H,31,32). The number of rotatable bonds is 10. The van der Waals surface area contributed by atoms with Crippen LogP contribution >= 0.6 is 11.3 Å². The van der Waals surface area contributed by atoms with Gasteiger partial charge < -0.3 is 25.6 Å². The van der Waals surface area contributed by atoms with E-state index in [2.05, 4.69) is 39.9 Å². The molecule has 1 aromatic heterocycles. The highest BCUT2D eigenvalue weighted by Gasteiger charge is 2.29. The van der Waals surface area contributed by atoms with Crippen molar-refractivity contribution in [1.29, 1.82) is 0 Å². The molecule has 1 atom stereocenters. The van der Waals surface area contributed by atoms with Crippen LogP contribution in [0.15, 0.2) is 53.9 Å².